The zero-order valence-corrected chi connectivity index (χ0v) is 11.1. The number of ether oxygens (including phenoxy) is 1. The quantitative estimate of drug-likeness (QED) is 0.582. The minimum absolute atomic E-state index is 0.0919. The number of carbonyl (C=O) groups excluding carboxylic acids is 1. The van der Waals surface area contributed by atoms with E-state index < -0.39 is 28.8 Å². The molecule has 1 aliphatic rings. The standard InChI is InChI=1S/C13H17F2N3O2/c1-13(3-2-4-20-7-13)17-12(19)8-5-9(14)11(18-16)10(15)6-8/h5-6,18H,2-4,7,16H2,1H3,(H,17,19). The third kappa shape index (κ3) is 3.05. The van der Waals surface area contributed by atoms with Crippen LogP contribution in [0.25, 0.3) is 0 Å². The normalized spacial score (nSPS) is 22.4. The molecule has 0 spiro atoms. The minimum atomic E-state index is -0.914. The number of halogens is 2. The molecule has 1 aromatic carbocycles. The van der Waals surface area contributed by atoms with Crippen molar-refractivity contribution in [3.05, 3.63) is 29.3 Å². The van der Waals surface area contributed by atoms with Gasteiger partial charge in [0.2, 0.25) is 0 Å². The van der Waals surface area contributed by atoms with Crippen LogP contribution in [0.3, 0.4) is 0 Å². The molecule has 5 nitrogen and oxygen atoms in total. The van der Waals surface area contributed by atoms with Crippen LogP contribution in [-0.2, 0) is 4.74 Å². The number of anilines is 1. The number of carbonyl (C=O) groups is 1. The van der Waals surface area contributed by atoms with E-state index in [1.54, 1.807) is 0 Å². The smallest absolute Gasteiger partial charge is 0.251 e. The molecule has 7 heteroatoms. The Morgan fingerprint density at radius 2 is 2.05 bits per heavy atom. The lowest BCUT2D eigenvalue weighted by Gasteiger charge is -2.34. The Kier molecular flexibility index (Phi) is 4.20. The first kappa shape index (κ1) is 14.7. The summed E-state index contributed by atoms with van der Waals surface area (Å²) in [4.78, 5) is 12.1. The third-order valence-corrected chi connectivity index (χ3v) is 3.30. The van der Waals surface area contributed by atoms with Gasteiger partial charge in [0.1, 0.15) is 5.69 Å². The number of hydrazine groups is 1. The number of rotatable bonds is 3. The van der Waals surface area contributed by atoms with Gasteiger partial charge in [0, 0.05) is 12.2 Å². The summed E-state index contributed by atoms with van der Waals surface area (Å²) >= 11 is 0. The van der Waals surface area contributed by atoms with Crippen LogP contribution in [0, 0.1) is 11.6 Å². The predicted octanol–water partition coefficient (Wildman–Crippen LogP) is 1.55. The Morgan fingerprint density at radius 3 is 2.55 bits per heavy atom. The highest BCUT2D eigenvalue weighted by Crippen LogP contribution is 2.22. The molecule has 20 heavy (non-hydrogen) atoms. The molecule has 0 saturated carbocycles. The van der Waals surface area contributed by atoms with Gasteiger partial charge in [-0.05, 0) is 31.9 Å². The summed E-state index contributed by atoms with van der Waals surface area (Å²) in [6, 6.07) is 1.89. The van der Waals surface area contributed by atoms with Crippen molar-refractivity contribution >= 4 is 11.6 Å². The van der Waals surface area contributed by atoms with Gasteiger partial charge in [0.25, 0.3) is 5.91 Å². The van der Waals surface area contributed by atoms with Crippen molar-refractivity contribution in [3.63, 3.8) is 0 Å². The van der Waals surface area contributed by atoms with Gasteiger partial charge in [0.05, 0.1) is 12.1 Å². The van der Waals surface area contributed by atoms with E-state index in [1.165, 1.54) is 0 Å². The molecule has 1 unspecified atom stereocenters. The summed E-state index contributed by atoms with van der Waals surface area (Å²) in [5.41, 5.74) is 0.840. The van der Waals surface area contributed by atoms with Crippen LogP contribution < -0.4 is 16.6 Å². The molecule has 1 aromatic rings. The molecule has 0 aliphatic carbocycles. The van der Waals surface area contributed by atoms with Crippen molar-refractivity contribution in [2.75, 3.05) is 18.6 Å². The average molecular weight is 285 g/mol. The summed E-state index contributed by atoms with van der Waals surface area (Å²) in [7, 11) is 0. The first-order chi connectivity index (χ1) is 9.45. The average Bonchev–Trinajstić information content (AvgIpc) is 2.38. The molecule has 0 radical (unpaired) electrons. The largest absolute Gasteiger partial charge is 0.379 e. The lowest BCUT2D eigenvalue weighted by atomic mass is 9.94. The van der Waals surface area contributed by atoms with Crippen LogP contribution in [0.1, 0.15) is 30.1 Å². The molecule has 1 amide bonds. The maximum Gasteiger partial charge on any atom is 0.251 e. The van der Waals surface area contributed by atoms with Crippen molar-refractivity contribution in [2.45, 2.75) is 25.3 Å². The van der Waals surface area contributed by atoms with Gasteiger partial charge in [0.15, 0.2) is 11.6 Å². The SMILES string of the molecule is CC1(NC(=O)c2cc(F)c(NN)c(F)c2)CCCOC1. The molecule has 2 rings (SSSR count). The van der Waals surface area contributed by atoms with Crippen LogP contribution in [0.5, 0.6) is 0 Å². The lowest BCUT2D eigenvalue weighted by Crippen LogP contribution is -2.51. The molecule has 110 valence electrons. The van der Waals surface area contributed by atoms with E-state index in [9.17, 15) is 13.6 Å². The van der Waals surface area contributed by atoms with E-state index in [0.717, 1.165) is 25.0 Å². The zero-order chi connectivity index (χ0) is 14.8. The summed E-state index contributed by atoms with van der Waals surface area (Å²) in [6.07, 6.45) is 1.58. The van der Waals surface area contributed by atoms with Crippen LogP contribution in [0.4, 0.5) is 14.5 Å². The second-order valence-electron chi connectivity index (χ2n) is 5.13. The number of amides is 1. The summed E-state index contributed by atoms with van der Waals surface area (Å²) in [5.74, 6) is 2.63. The highest BCUT2D eigenvalue weighted by Gasteiger charge is 2.30. The van der Waals surface area contributed by atoms with E-state index in [1.807, 2.05) is 12.3 Å². The molecule has 1 atom stereocenters. The Hall–Kier alpha value is -1.73. The first-order valence-electron chi connectivity index (χ1n) is 6.31. The van der Waals surface area contributed by atoms with Crippen molar-refractivity contribution in [1.29, 1.82) is 0 Å². The van der Waals surface area contributed by atoms with E-state index in [2.05, 4.69) is 5.32 Å². The van der Waals surface area contributed by atoms with Crippen molar-refractivity contribution in [3.8, 4) is 0 Å². The fourth-order valence-electron chi connectivity index (χ4n) is 2.22. The van der Waals surface area contributed by atoms with Gasteiger partial charge in [-0.1, -0.05) is 0 Å². The van der Waals surface area contributed by atoms with Crippen LogP contribution >= 0.6 is 0 Å². The lowest BCUT2D eigenvalue weighted by molar-refractivity contribution is 0.0272. The molecule has 0 aromatic heterocycles. The fraction of sp³-hybridized carbons (Fsp3) is 0.462. The van der Waals surface area contributed by atoms with Gasteiger partial charge < -0.3 is 15.5 Å². The summed E-state index contributed by atoms with van der Waals surface area (Å²) in [6.45, 7) is 2.88. The van der Waals surface area contributed by atoms with Crippen molar-refractivity contribution in [1.82, 2.24) is 5.32 Å². The number of nitrogens with two attached hydrogens (primary N) is 1. The summed E-state index contributed by atoms with van der Waals surface area (Å²) in [5, 5.41) is 2.75. The number of hydrogen-bond acceptors (Lipinski definition) is 4. The van der Waals surface area contributed by atoms with Gasteiger partial charge >= 0.3 is 0 Å². The third-order valence-electron chi connectivity index (χ3n) is 3.30. The molecule has 1 fully saturated rings. The second-order valence-corrected chi connectivity index (χ2v) is 5.13. The molecule has 1 heterocycles. The topological polar surface area (TPSA) is 76.4 Å². The number of hydrogen-bond donors (Lipinski definition) is 3. The Labute approximate surface area is 115 Å². The highest BCUT2D eigenvalue weighted by atomic mass is 19.1. The first-order valence-corrected chi connectivity index (χ1v) is 6.31. The Balaban J connectivity index is 2.17. The van der Waals surface area contributed by atoms with Gasteiger partial charge in [-0.2, -0.15) is 0 Å². The van der Waals surface area contributed by atoms with E-state index >= 15 is 0 Å². The minimum Gasteiger partial charge on any atom is -0.379 e. The second kappa shape index (κ2) is 5.72. The molecule has 4 N–H and O–H groups in total. The van der Waals surface area contributed by atoms with Crippen LogP contribution in [0.2, 0.25) is 0 Å². The Morgan fingerprint density at radius 1 is 1.40 bits per heavy atom. The van der Waals surface area contributed by atoms with Gasteiger partial charge in [-0.25, -0.2) is 8.78 Å². The summed E-state index contributed by atoms with van der Waals surface area (Å²) < 4.78 is 32.4. The molecular formula is C13H17F2N3O2. The number of benzene rings is 1. The number of nitrogen functional groups attached to an aromatic ring is 1. The Bertz CT molecular complexity index is 493. The monoisotopic (exact) mass is 285 g/mol. The molecule has 1 aliphatic heterocycles. The predicted molar refractivity (Wildman–Crippen MR) is 70.1 cm³/mol. The maximum atomic E-state index is 13.6. The van der Waals surface area contributed by atoms with Crippen LogP contribution in [0.15, 0.2) is 12.1 Å². The van der Waals surface area contributed by atoms with Gasteiger partial charge in [-0.15, -0.1) is 0 Å². The maximum absolute atomic E-state index is 13.6. The fourth-order valence-corrected chi connectivity index (χ4v) is 2.22. The van der Waals surface area contributed by atoms with Crippen LogP contribution in [-0.4, -0.2) is 24.7 Å². The van der Waals surface area contributed by atoms with E-state index in [-0.39, 0.29) is 5.56 Å². The zero-order valence-electron chi connectivity index (χ0n) is 11.1. The number of nitrogens with one attached hydrogen (secondary N) is 2. The van der Waals surface area contributed by atoms with Gasteiger partial charge in [-0.3, -0.25) is 10.6 Å². The molecular weight excluding hydrogens is 268 g/mol. The van der Waals surface area contributed by atoms with E-state index in [4.69, 9.17) is 10.6 Å². The van der Waals surface area contributed by atoms with Crippen molar-refractivity contribution in [2.24, 2.45) is 5.84 Å². The van der Waals surface area contributed by atoms with E-state index in [0.29, 0.717) is 13.2 Å². The molecule has 1 saturated heterocycles. The highest BCUT2D eigenvalue weighted by molar-refractivity contribution is 5.95. The van der Waals surface area contributed by atoms with Crippen molar-refractivity contribution < 1.29 is 18.3 Å². The molecule has 0 bridgehead atoms.